The summed E-state index contributed by atoms with van der Waals surface area (Å²) in [6.45, 7) is 9.52. The lowest BCUT2D eigenvalue weighted by molar-refractivity contribution is 0.355. The lowest BCUT2D eigenvalue weighted by Crippen LogP contribution is -2.40. The fraction of sp³-hybridized carbons (Fsp3) is 0.542. The summed E-state index contributed by atoms with van der Waals surface area (Å²) in [6, 6.07) is 12.4. The van der Waals surface area contributed by atoms with Crippen LogP contribution < -0.4 is 20.4 Å². The van der Waals surface area contributed by atoms with E-state index in [2.05, 4.69) is 52.5 Å². The van der Waals surface area contributed by atoms with E-state index in [0.717, 1.165) is 37.8 Å². The van der Waals surface area contributed by atoms with Crippen molar-refractivity contribution in [3.05, 3.63) is 42.0 Å². The van der Waals surface area contributed by atoms with E-state index < -0.39 is 0 Å². The van der Waals surface area contributed by atoms with Crippen LogP contribution in [-0.4, -0.2) is 41.3 Å². The number of benzene rings is 1. The second-order valence-electron chi connectivity index (χ2n) is 9.10. The normalized spacial score (nSPS) is 21.6. The number of nitrogens with one attached hydrogen (secondary N) is 2. The largest absolute Gasteiger partial charge is 0.358 e. The standard InChI is InChI=1S/C24H34N6S/c1-18-13-19(2)17-30(16-18)22-14-21(29-11-7-4-8-12-29)26-23(27-22)28-24(31)25-15-20-9-5-3-6-10-20/h3,5-6,9-10,14,18-19H,4,7-8,11-13,15-17H2,1-2H3,(H2,25,26,27,28,31)/t18-,19-/m0/s1. The van der Waals surface area contributed by atoms with Gasteiger partial charge in [-0.25, -0.2) is 0 Å². The summed E-state index contributed by atoms with van der Waals surface area (Å²) in [5.41, 5.74) is 1.19. The first-order valence-electron chi connectivity index (χ1n) is 11.5. The van der Waals surface area contributed by atoms with E-state index in [1.54, 1.807) is 0 Å². The van der Waals surface area contributed by atoms with Crippen LogP contribution in [0.25, 0.3) is 0 Å². The molecule has 2 N–H and O–H groups in total. The smallest absolute Gasteiger partial charge is 0.232 e. The first-order valence-corrected chi connectivity index (χ1v) is 12.0. The van der Waals surface area contributed by atoms with Crippen molar-refractivity contribution in [1.82, 2.24) is 15.3 Å². The van der Waals surface area contributed by atoms with Crippen LogP contribution in [0.3, 0.4) is 0 Å². The van der Waals surface area contributed by atoms with E-state index in [4.69, 9.17) is 22.2 Å². The molecule has 1 aromatic heterocycles. The molecule has 6 nitrogen and oxygen atoms in total. The Balaban J connectivity index is 1.51. The van der Waals surface area contributed by atoms with Crippen LogP contribution in [0, 0.1) is 11.8 Å². The van der Waals surface area contributed by atoms with Crippen LogP contribution in [0.5, 0.6) is 0 Å². The van der Waals surface area contributed by atoms with Gasteiger partial charge in [-0.05, 0) is 55.3 Å². The van der Waals surface area contributed by atoms with E-state index in [-0.39, 0.29) is 0 Å². The monoisotopic (exact) mass is 438 g/mol. The summed E-state index contributed by atoms with van der Waals surface area (Å²) in [5.74, 6) is 3.92. The third-order valence-electron chi connectivity index (χ3n) is 6.09. The van der Waals surface area contributed by atoms with Gasteiger partial charge in [0, 0.05) is 38.8 Å². The van der Waals surface area contributed by atoms with E-state index in [1.165, 1.54) is 31.2 Å². The molecule has 31 heavy (non-hydrogen) atoms. The highest BCUT2D eigenvalue weighted by molar-refractivity contribution is 7.80. The highest BCUT2D eigenvalue weighted by atomic mass is 32.1. The molecule has 2 atom stereocenters. The topological polar surface area (TPSA) is 56.3 Å². The Labute approximate surface area is 191 Å². The van der Waals surface area contributed by atoms with Gasteiger partial charge in [0.15, 0.2) is 5.11 Å². The van der Waals surface area contributed by atoms with Crippen molar-refractivity contribution < 1.29 is 0 Å². The lowest BCUT2D eigenvalue weighted by atomic mass is 9.92. The average molecular weight is 439 g/mol. The first kappa shape index (κ1) is 21.8. The summed E-state index contributed by atoms with van der Waals surface area (Å²) in [7, 11) is 0. The minimum atomic E-state index is 0.547. The molecule has 3 heterocycles. The molecule has 2 fully saturated rings. The molecule has 7 heteroatoms. The number of hydrogen-bond acceptors (Lipinski definition) is 5. The van der Waals surface area contributed by atoms with Crippen molar-refractivity contribution in [3.63, 3.8) is 0 Å². The van der Waals surface area contributed by atoms with Crippen molar-refractivity contribution in [2.45, 2.75) is 46.1 Å². The van der Waals surface area contributed by atoms with Gasteiger partial charge in [0.05, 0.1) is 0 Å². The average Bonchev–Trinajstić information content (AvgIpc) is 2.78. The molecule has 2 saturated heterocycles. The van der Waals surface area contributed by atoms with Crippen molar-refractivity contribution >= 4 is 34.9 Å². The minimum absolute atomic E-state index is 0.547. The van der Waals surface area contributed by atoms with E-state index in [1.807, 2.05) is 18.2 Å². The summed E-state index contributed by atoms with van der Waals surface area (Å²) in [5, 5.41) is 7.06. The predicted molar refractivity (Wildman–Crippen MR) is 133 cm³/mol. The Morgan fingerprint density at radius 1 is 0.968 bits per heavy atom. The third-order valence-corrected chi connectivity index (χ3v) is 6.34. The zero-order valence-electron chi connectivity index (χ0n) is 18.7. The van der Waals surface area contributed by atoms with Crippen LogP contribution in [0.1, 0.15) is 45.1 Å². The quantitative estimate of drug-likeness (QED) is 0.670. The molecule has 166 valence electrons. The van der Waals surface area contributed by atoms with Crippen LogP contribution in [0.2, 0.25) is 0 Å². The fourth-order valence-corrected chi connectivity index (χ4v) is 4.86. The molecular weight excluding hydrogens is 404 g/mol. The number of rotatable bonds is 5. The molecule has 0 bridgehead atoms. The zero-order chi connectivity index (χ0) is 21.6. The first-order chi connectivity index (χ1) is 15.1. The Bertz CT molecular complexity index is 858. The van der Waals surface area contributed by atoms with Gasteiger partial charge in [-0.1, -0.05) is 44.2 Å². The van der Waals surface area contributed by atoms with Gasteiger partial charge in [-0.2, -0.15) is 9.97 Å². The number of hydrogen-bond donors (Lipinski definition) is 2. The summed E-state index contributed by atoms with van der Waals surface area (Å²) < 4.78 is 0. The molecule has 0 amide bonds. The van der Waals surface area contributed by atoms with Gasteiger partial charge >= 0.3 is 0 Å². The minimum Gasteiger partial charge on any atom is -0.358 e. The molecular formula is C24H34N6S. The van der Waals surface area contributed by atoms with E-state index >= 15 is 0 Å². The molecule has 0 spiro atoms. The number of anilines is 3. The molecule has 0 aliphatic carbocycles. The Hall–Kier alpha value is -2.41. The molecule has 1 aromatic carbocycles. The molecule has 2 aromatic rings. The van der Waals surface area contributed by atoms with Crippen LogP contribution >= 0.6 is 12.2 Å². The SMILES string of the molecule is C[C@H]1C[C@H](C)CN(c2cc(N3CCCCC3)nc(NC(=S)NCc3ccccc3)n2)C1. The molecule has 0 saturated carbocycles. The van der Waals surface area contributed by atoms with E-state index in [9.17, 15) is 0 Å². The maximum atomic E-state index is 5.54. The number of nitrogens with zero attached hydrogens (tertiary/aromatic N) is 4. The van der Waals surface area contributed by atoms with Gasteiger partial charge in [0.2, 0.25) is 5.95 Å². The predicted octanol–water partition coefficient (Wildman–Crippen LogP) is 4.44. The summed E-state index contributed by atoms with van der Waals surface area (Å²) in [6.07, 6.45) is 5.02. The van der Waals surface area contributed by atoms with Gasteiger partial charge in [-0.3, -0.25) is 0 Å². The molecule has 2 aliphatic heterocycles. The third kappa shape index (κ3) is 6.06. The number of aromatic nitrogens is 2. The molecule has 0 radical (unpaired) electrons. The lowest BCUT2D eigenvalue weighted by Gasteiger charge is -2.36. The molecule has 2 aliphatic rings. The van der Waals surface area contributed by atoms with Gasteiger partial charge in [0.1, 0.15) is 11.6 Å². The van der Waals surface area contributed by atoms with Crippen molar-refractivity contribution in [3.8, 4) is 0 Å². The summed E-state index contributed by atoms with van der Waals surface area (Å²) in [4.78, 5) is 14.5. The Morgan fingerprint density at radius 3 is 2.29 bits per heavy atom. The Morgan fingerprint density at radius 2 is 1.61 bits per heavy atom. The second kappa shape index (κ2) is 10.3. The van der Waals surface area contributed by atoms with Gasteiger partial charge < -0.3 is 20.4 Å². The van der Waals surface area contributed by atoms with Crippen molar-refractivity contribution in [2.75, 3.05) is 41.3 Å². The van der Waals surface area contributed by atoms with Gasteiger partial charge in [0.25, 0.3) is 0 Å². The van der Waals surface area contributed by atoms with Gasteiger partial charge in [-0.15, -0.1) is 0 Å². The highest BCUT2D eigenvalue weighted by Crippen LogP contribution is 2.29. The zero-order valence-corrected chi connectivity index (χ0v) is 19.5. The highest BCUT2D eigenvalue weighted by Gasteiger charge is 2.25. The van der Waals surface area contributed by atoms with Crippen LogP contribution in [0.15, 0.2) is 36.4 Å². The number of piperidine rings is 2. The Kier molecular flexibility index (Phi) is 7.22. The van der Waals surface area contributed by atoms with Crippen LogP contribution in [-0.2, 0) is 6.54 Å². The molecule has 4 rings (SSSR count). The molecule has 0 unspecified atom stereocenters. The maximum Gasteiger partial charge on any atom is 0.232 e. The number of thiocarbonyl (C=S) groups is 1. The van der Waals surface area contributed by atoms with E-state index in [0.29, 0.717) is 29.4 Å². The van der Waals surface area contributed by atoms with Crippen molar-refractivity contribution in [2.24, 2.45) is 11.8 Å². The fourth-order valence-electron chi connectivity index (χ4n) is 4.70. The summed E-state index contributed by atoms with van der Waals surface area (Å²) >= 11 is 5.54. The van der Waals surface area contributed by atoms with Crippen LogP contribution in [0.4, 0.5) is 17.6 Å². The maximum absolute atomic E-state index is 5.54. The van der Waals surface area contributed by atoms with Crippen molar-refractivity contribution in [1.29, 1.82) is 0 Å². The second-order valence-corrected chi connectivity index (χ2v) is 9.51.